The molecule has 1 aliphatic rings. The van der Waals surface area contributed by atoms with Crippen molar-refractivity contribution in [2.45, 2.75) is 44.2 Å². The minimum absolute atomic E-state index is 0.231. The lowest BCUT2D eigenvalue weighted by Gasteiger charge is -2.18. The molecule has 2 unspecified atom stereocenters. The molecule has 2 heterocycles. The van der Waals surface area contributed by atoms with Gasteiger partial charge < -0.3 is 4.74 Å². The van der Waals surface area contributed by atoms with Crippen LogP contribution in [0.4, 0.5) is 0 Å². The average molecular weight is 270 g/mol. The molecule has 3 N–H and O–H groups in total. The molecule has 2 rings (SSSR count). The monoisotopic (exact) mass is 269 g/mol. The van der Waals surface area contributed by atoms with E-state index in [2.05, 4.69) is 10.4 Å². The lowest BCUT2D eigenvalue weighted by atomic mass is 10.0. The van der Waals surface area contributed by atoms with Crippen molar-refractivity contribution in [3.8, 4) is 0 Å². The van der Waals surface area contributed by atoms with Crippen molar-refractivity contribution in [1.82, 2.24) is 10.4 Å². The lowest BCUT2D eigenvalue weighted by molar-refractivity contribution is 0.0996. The van der Waals surface area contributed by atoms with E-state index in [1.807, 2.05) is 6.07 Å². The Balaban J connectivity index is 1.83. The Labute approximate surface area is 113 Å². The van der Waals surface area contributed by atoms with Gasteiger partial charge >= 0.3 is 0 Å². The van der Waals surface area contributed by atoms with Gasteiger partial charge in [0.05, 0.1) is 11.1 Å². The summed E-state index contributed by atoms with van der Waals surface area (Å²) in [6, 6.07) is 2.17. The number of hydrogen-bond donors (Lipinski definition) is 2. The zero-order valence-electron chi connectivity index (χ0n) is 10.4. The maximum atomic E-state index is 6.10. The molecule has 0 aromatic carbocycles. The number of rotatable bonds is 6. The fourth-order valence-corrected chi connectivity index (χ4v) is 2.53. The first-order valence-corrected chi connectivity index (χ1v) is 6.83. The van der Waals surface area contributed by atoms with E-state index in [4.69, 9.17) is 22.2 Å². The summed E-state index contributed by atoms with van der Waals surface area (Å²) in [4.78, 5) is 3.98. The van der Waals surface area contributed by atoms with Crippen molar-refractivity contribution >= 4 is 11.6 Å². The number of nitrogens with two attached hydrogens (primary N) is 1. The van der Waals surface area contributed by atoms with E-state index in [1.165, 1.54) is 12.8 Å². The zero-order chi connectivity index (χ0) is 12.8. The Morgan fingerprint density at radius 3 is 3.17 bits per heavy atom. The Kier molecular flexibility index (Phi) is 5.38. The molecule has 18 heavy (non-hydrogen) atoms. The van der Waals surface area contributed by atoms with Crippen molar-refractivity contribution in [1.29, 1.82) is 0 Å². The standard InChI is InChI=1S/C13H20ClN3O/c14-13-9-16-6-5-10(13)8-11(17-15)3-4-12-2-1-7-18-12/h5-6,9,11-12,17H,1-4,7-8,15H2. The molecule has 1 saturated heterocycles. The number of halogens is 1. The van der Waals surface area contributed by atoms with Crippen molar-refractivity contribution < 1.29 is 4.74 Å². The van der Waals surface area contributed by atoms with Crippen LogP contribution in [0.15, 0.2) is 18.5 Å². The number of nitrogens with one attached hydrogen (secondary N) is 1. The number of nitrogens with zero attached hydrogens (tertiary/aromatic N) is 1. The van der Waals surface area contributed by atoms with E-state index in [9.17, 15) is 0 Å². The third-order valence-electron chi connectivity index (χ3n) is 3.42. The first kappa shape index (κ1) is 13.7. The molecule has 100 valence electrons. The van der Waals surface area contributed by atoms with Gasteiger partial charge in [-0.05, 0) is 43.7 Å². The van der Waals surface area contributed by atoms with E-state index >= 15 is 0 Å². The van der Waals surface area contributed by atoms with Gasteiger partial charge in [-0.2, -0.15) is 0 Å². The molecular formula is C13H20ClN3O. The van der Waals surface area contributed by atoms with Crippen molar-refractivity contribution in [2.75, 3.05) is 6.61 Å². The summed E-state index contributed by atoms with van der Waals surface area (Å²) < 4.78 is 5.62. The predicted octanol–water partition coefficient (Wildman–Crippen LogP) is 2.07. The van der Waals surface area contributed by atoms with Crippen LogP contribution in [0.3, 0.4) is 0 Å². The highest BCUT2D eigenvalue weighted by molar-refractivity contribution is 6.31. The van der Waals surface area contributed by atoms with E-state index in [0.29, 0.717) is 11.1 Å². The highest BCUT2D eigenvalue weighted by Crippen LogP contribution is 2.20. The summed E-state index contributed by atoms with van der Waals surface area (Å²) in [7, 11) is 0. The van der Waals surface area contributed by atoms with Gasteiger partial charge in [0.15, 0.2) is 0 Å². The summed E-state index contributed by atoms with van der Waals surface area (Å²) >= 11 is 6.10. The van der Waals surface area contributed by atoms with Crippen LogP contribution in [-0.2, 0) is 11.2 Å². The summed E-state index contributed by atoms with van der Waals surface area (Å²) in [5.41, 5.74) is 3.95. The van der Waals surface area contributed by atoms with E-state index in [1.54, 1.807) is 12.4 Å². The molecule has 0 bridgehead atoms. The summed E-state index contributed by atoms with van der Waals surface area (Å²) in [6.07, 6.45) is 9.07. The maximum absolute atomic E-state index is 6.10. The third kappa shape index (κ3) is 3.92. The largest absolute Gasteiger partial charge is 0.378 e. The highest BCUT2D eigenvalue weighted by Gasteiger charge is 2.18. The van der Waals surface area contributed by atoms with Crippen LogP contribution >= 0.6 is 11.6 Å². The highest BCUT2D eigenvalue weighted by atomic mass is 35.5. The smallest absolute Gasteiger partial charge is 0.0621 e. The van der Waals surface area contributed by atoms with Crippen LogP contribution in [0.25, 0.3) is 0 Å². The van der Waals surface area contributed by atoms with Gasteiger partial charge in [-0.15, -0.1) is 0 Å². The topological polar surface area (TPSA) is 60.2 Å². The second kappa shape index (κ2) is 7.04. The van der Waals surface area contributed by atoms with E-state index in [-0.39, 0.29) is 6.04 Å². The van der Waals surface area contributed by atoms with E-state index in [0.717, 1.165) is 31.4 Å². The molecule has 1 aromatic heterocycles. The minimum Gasteiger partial charge on any atom is -0.378 e. The first-order chi connectivity index (χ1) is 8.79. The Bertz CT molecular complexity index is 369. The summed E-state index contributed by atoms with van der Waals surface area (Å²) in [5.74, 6) is 5.61. The number of hydrogen-bond acceptors (Lipinski definition) is 4. The van der Waals surface area contributed by atoms with Crippen molar-refractivity contribution in [3.05, 3.63) is 29.0 Å². The Morgan fingerprint density at radius 2 is 2.50 bits per heavy atom. The fraction of sp³-hybridized carbons (Fsp3) is 0.615. The minimum atomic E-state index is 0.231. The van der Waals surface area contributed by atoms with Gasteiger partial charge in [-0.1, -0.05) is 11.6 Å². The van der Waals surface area contributed by atoms with Gasteiger partial charge in [0.1, 0.15) is 0 Å². The number of pyridine rings is 1. The second-order valence-corrected chi connectivity index (χ2v) is 5.15. The normalized spacial score (nSPS) is 21.1. The molecule has 0 aliphatic carbocycles. The molecule has 0 amide bonds. The third-order valence-corrected chi connectivity index (χ3v) is 3.76. The molecular weight excluding hydrogens is 250 g/mol. The average Bonchev–Trinajstić information content (AvgIpc) is 2.90. The van der Waals surface area contributed by atoms with Gasteiger partial charge in [0.2, 0.25) is 0 Å². The molecule has 0 saturated carbocycles. The SMILES string of the molecule is NNC(CCC1CCCO1)Cc1ccncc1Cl. The number of hydrazine groups is 1. The van der Waals surface area contributed by atoms with Crippen molar-refractivity contribution in [3.63, 3.8) is 0 Å². The van der Waals surface area contributed by atoms with Crippen LogP contribution in [0.2, 0.25) is 5.02 Å². The molecule has 4 nitrogen and oxygen atoms in total. The van der Waals surface area contributed by atoms with Gasteiger partial charge in [0, 0.05) is 25.0 Å². The fourth-order valence-electron chi connectivity index (χ4n) is 2.34. The molecule has 1 aliphatic heterocycles. The van der Waals surface area contributed by atoms with Gasteiger partial charge in [-0.3, -0.25) is 16.3 Å². The van der Waals surface area contributed by atoms with Crippen LogP contribution in [0.1, 0.15) is 31.2 Å². The van der Waals surface area contributed by atoms with Crippen molar-refractivity contribution in [2.24, 2.45) is 5.84 Å². The lowest BCUT2D eigenvalue weighted by Crippen LogP contribution is -2.37. The quantitative estimate of drug-likeness (QED) is 0.613. The molecule has 2 atom stereocenters. The summed E-state index contributed by atoms with van der Waals surface area (Å²) in [5, 5.41) is 0.704. The number of aromatic nitrogens is 1. The van der Waals surface area contributed by atoms with Crippen LogP contribution in [-0.4, -0.2) is 23.7 Å². The second-order valence-electron chi connectivity index (χ2n) is 4.75. The summed E-state index contributed by atoms with van der Waals surface area (Å²) in [6.45, 7) is 0.904. The van der Waals surface area contributed by atoms with Gasteiger partial charge in [-0.25, -0.2) is 0 Å². The maximum Gasteiger partial charge on any atom is 0.0621 e. The van der Waals surface area contributed by atoms with Crippen LogP contribution < -0.4 is 11.3 Å². The molecule has 0 spiro atoms. The molecule has 1 aromatic rings. The van der Waals surface area contributed by atoms with E-state index < -0.39 is 0 Å². The molecule has 0 radical (unpaired) electrons. The Hall–Kier alpha value is -0.680. The Morgan fingerprint density at radius 1 is 1.61 bits per heavy atom. The van der Waals surface area contributed by atoms with Crippen LogP contribution in [0, 0.1) is 0 Å². The van der Waals surface area contributed by atoms with Crippen LogP contribution in [0.5, 0.6) is 0 Å². The van der Waals surface area contributed by atoms with Gasteiger partial charge in [0.25, 0.3) is 0 Å². The zero-order valence-corrected chi connectivity index (χ0v) is 11.2. The molecule has 1 fully saturated rings. The first-order valence-electron chi connectivity index (χ1n) is 6.45. The molecule has 5 heteroatoms. The predicted molar refractivity (Wildman–Crippen MR) is 72.3 cm³/mol. The number of ether oxygens (including phenoxy) is 1.